The maximum Gasteiger partial charge on any atom is 0.257 e. The van der Waals surface area contributed by atoms with Crippen molar-refractivity contribution in [3.05, 3.63) is 52.0 Å². The molecule has 5 heteroatoms. The molecule has 4 nitrogen and oxygen atoms in total. The number of carbonyl (C=O) groups is 1. The first-order valence-electron chi connectivity index (χ1n) is 6.05. The molecule has 4 N–H and O–H groups in total. The van der Waals surface area contributed by atoms with Crippen molar-refractivity contribution in [2.45, 2.75) is 13.8 Å². The minimum atomic E-state index is -0.377. The topological polar surface area (TPSA) is 75.3 Å². The van der Waals surface area contributed by atoms with Crippen LogP contribution < -0.4 is 11.1 Å². The van der Waals surface area contributed by atoms with E-state index in [1.807, 2.05) is 13.8 Å². The van der Waals surface area contributed by atoms with Gasteiger partial charge in [-0.2, -0.15) is 0 Å². The van der Waals surface area contributed by atoms with Gasteiger partial charge in [0.2, 0.25) is 0 Å². The summed E-state index contributed by atoms with van der Waals surface area (Å²) in [6, 6.07) is 7.84. The van der Waals surface area contributed by atoms with E-state index >= 15 is 0 Å². The Hall–Kier alpha value is -2.20. The molecule has 0 saturated heterocycles. The SMILES string of the molecule is Cc1cc(NC(=O)c2cc(O)ccc2Cl)c(C)cc1N. The summed E-state index contributed by atoms with van der Waals surface area (Å²) in [5, 5.41) is 12.5. The van der Waals surface area contributed by atoms with Gasteiger partial charge in [0.05, 0.1) is 10.6 Å². The Bertz CT molecular complexity index is 684. The molecule has 20 heavy (non-hydrogen) atoms. The molecule has 2 aromatic rings. The van der Waals surface area contributed by atoms with Crippen LogP contribution in [0.25, 0.3) is 0 Å². The quantitative estimate of drug-likeness (QED) is 0.741. The standard InChI is InChI=1S/C15H15ClN2O2/c1-8-6-14(9(2)5-13(8)17)18-15(20)11-7-10(19)3-4-12(11)16/h3-7,19H,17H2,1-2H3,(H,18,20). The number of halogens is 1. The van der Waals surface area contributed by atoms with Gasteiger partial charge in [-0.25, -0.2) is 0 Å². The zero-order valence-corrected chi connectivity index (χ0v) is 12.0. The van der Waals surface area contributed by atoms with Crippen molar-refractivity contribution in [3.63, 3.8) is 0 Å². The highest BCUT2D eigenvalue weighted by molar-refractivity contribution is 6.34. The lowest BCUT2D eigenvalue weighted by atomic mass is 10.1. The van der Waals surface area contributed by atoms with Gasteiger partial charge in [-0.15, -0.1) is 0 Å². The van der Waals surface area contributed by atoms with Crippen LogP contribution in [0.15, 0.2) is 30.3 Å². The summed E-state index contributed by atoms with van der Waals surface area (Å²) in [6.45, 7) is 3.72. The number of carbonyl (C=O) groups excluding carboxylic acids is 1. The average molecular weight is 291 g/mol. The number of rotatable bonds is 2. The lowest BCUT2D eigenvalue weighted by molar-refractivity contribution is 0.102. The Morgan fingerprint density at radius 1 is 1.20 bits per heavy atom. The molecule has 0 spiro atoms. The monoisotopic (exact) mass is 290 g/mol. The highest BCUT2D eigenvalue weighted by atomic mass is 35.5. The van der Waals surface area contributed by atoms with E-state index in [9.17, 15) is 9.90 Å². The van der Waals surface area contributed by atoms with E-state index in [0.29, 0.717) is 11.4 Å². The first-order chi connectivity index (χ1) is 9.38. The summed E-state index contributed by atoms with van der Waals surface area (Å²) in [7, 11) is 0. The summed E-state index contributed by atoms with van der Waals surface area (Å²) >= 11 is 5.96. The Kier molecular flexibility index (Phi) is 3.86. The number of aromatic hydroxyl groups is 1. The van der Waals surface area contributed by atoms with Gasteiger partial charge < -0.3 is 16.2 Å². The number of nitrogen functional groups attached to an aromatic ring is 1. The highest BCUT2D eigenvalue weighted by Crippen LogP contribution is 2.25. The molecule has 2 aromatic carbocycles. The summed E-state index contributed by atoms with van der Waals surface area (Å²) < 4.78 is 0. The normalized spacial score (nSPS) is 10.3. The van der Waals surface area contributed by atoms with Gasteiger partial charge in [0.25, 0.3) is 5.91 Å². The summed E-state index contributed by atoms with van der Waals surface area (Å²) in [6.07, 6.45) is 0. The molecule has 0 heterocycles. The van der Waals surface area contributed by atoms with Crippen LogP contribution in [0.2, 0.25) is 5.02 Å². The predicted molar refractivity (Wildman–Crippen MR) is 81.4 cm³/mol. The third-order valence-corrected chi connectivity index (χ3v) is 3.39. The molecule has 0 atom stereocenters. The fourth-order valence-corrected chi connectivity index (χ4v) is 2.05. The molecule has 0 aromatic heterocycles. The fraction of sp³-hybridized carbons (Fsp3) is 0.133. The van der Waals surface area contributed by atoms with Crippen LogP contribution in [0, 0.1) is 13.8 Å². The first-order valence-corrected chi connectivity index (χ1v) is 6.43. The molecule has 0 bridgehead atoms. The van der Waals surface area contributed by atoms with Gasteiger partial charge in [0, 0.05) is 11.4 Å². The number of phenols is 1. The zero-order chi connectivity index (χ0) is 14.9. The summed E-state index contributed by atoms with van der Waals surface area (Å²) in [5.74, 6) is -0.386. The summed E-state index contributed by atoms with van der Waals surface area (Å²) in [4.78, 5) is 12.2. The van der Waals surface area contributed by atoms with Crippen molar-refractivity contribution in [1.82, 2.24) is 0 Å². The second-order valence-corrected chi connectivity index (χ2v) is 5.05. The minimum absolute atomic E-state index is 0.00948. The molecule has 0 unspecified atom stereocenters. The molecular weight excluding hydrogens is 276 g/mol. The van der Waals surface area contributed by atoms with Gasteiger partial charge in [0.15, 0.2) is 0 Å². The van der Waals surface area contributed by atoms with Gasteiger partial charge in [-0.1, -0.05) is 11.6 Å². The Balaban J connectivity index is 2.32. The third-order valence-electron chi connectivity index (χ3n) is 3.06. The Morgan fingerprint density at radius 3 is 2.60 bits per heavy atom. The van der Waals surface area contributed by atoms with Crippen molar-refractivity contribution >= 4 is 28.9 Å². The number of hydrogen-bond acceptors (Lipinski definition) is 3. The van der Waals surface area contributed by atoms with Gasteiger partial charge in [-0.3, -0.25) is 4.79 Å². The largest absolute Gasteiger partial charge is 0.508 e. The maximum absolute atomic E-state index is 12.2. The number of nitrogens with one attached hydrogen (secondary N) is 1. The van der Waals surface area contributed by atoms with Gasteiger partial charge in [0.1, 0.15) is 5.75 Å². The fourth-order valence-electron chi connectivity index (χ4n) is 1.85. The van der Waals surface area contributed by atoms with Crippen molar-refractivity contribution in [2.24, 2.45) is 0 Å². The number of hydrogen-bond donors (Lipinski definition) is 3. The van der Waals surface area contributed by atoms with Crippen LogP contribution in [0.5, 0.6) is 5.75 Å². The molecule has 0 aliphatic carbocycles. The van der Waals surface area contributed by atoms with E-state index in [2.05, 4.69) is 5.32 Å². The lowest BCUT2D eigenvalue weighted by Gasteiger charge is -2.12. The van der Waals surface area contributed by atoms with E-state index in [4.69, 9.17) is 17.3 Å². The van der Waals surface area contributed by atoms with Crippen molar-refractivity contribution in [3.8, 4) is 5.75 Å². The second-order valence-electron chi connectivity index (χ2n) is 4.64. The van der Waals surface area contributed by atoms with Crippen LogP contribution in [0.3, 0.4) is 0 Å². The second kappa shape index (κ2) is 5.43. The van der Waals surface area contributed by atoms with Crippen molar-refractivity contribution in [2.75, 3.05) is 11.1 Å². The van der Waals surface area contributed by atoms with E-state index in [0.717, 1.165) is 11.1 Å². The third kappa shape index (κ3) is 2.86. The molecule has 0 aliphatic heterocycles. The molecule has 0 radical (unpaired) electrons. The van der Waals surface area contributed by atoms with E-state index in [-0.39, 0.29) is 22.2 Å². The van der Waals surface area contributed by atoms with E-state index in [1.165, 1.54) is 18.2 Å². The van der Waals surface area contributed by atoms with Crippen LogP contribution in [-0.2, 0) is 0 Å². The number of benzene rings is 2. The molecule has 104 valence electrons. The lowest BCUT2D eigenvalue weighted by Crippen LogP contribution is -2.13. The molecule has 2 rings (SSSR count). The molecule has 0 aliphatic rings. The molecule has 1 amide bonds. The minimum Gasteiger partial charge on any atom is -0.508 e. The number of amides is 1. The van der Waals surface area contributed by atoms with Crippen LogP contribution in [0.1, 0.15) is 21.5 Å². The number of phenolic OH excluding ortho intramolecular Hbond substituents is 1. The van der Waals surface area contributed by atoms with E-state index in [1.54, 1.807) is 12.1 Å². The average Bonchev–Trinajstić information content (AvgIpc) is 2.38. The number of anilines is 2. The molecular formula is C15H15ClN2O2. The Morgan fingerprint density at radius 2 is 1.90 bits per heavy atom. The van der Waals surface area contributed by atoms with Gasteiger partial charge >= 0.3 is 0 Å². The summed E-state index contributed by atoms with van der Waals surface area (Å²) in [5.41, 5.74) is 9.12. The zero-order valence-electron chi connectivity index (χ0n) is 11.2. The smallest absolute Gasteiger partial charge is 0.257 e. The van der Waals surface area contributed by atoms with Crippen LogP contribution in [-0.4, -0.2) is 11.0 Å². The number of nitrogens with two attached hydrogens (primary N) is 1. The van der Waals surface area contributed by atoms with Crippen molar-refractivity contribution in [1.29, 1.82) is 0 Å². The predicted octanol–water partition coefficient (Wildman–Crippen LogP) is 3.50. The maximum atomic E-state index is 12.2. The van der Waals surface area contributed by atoms with Gasteiger partial charge in [-0.05, 0) is 55.3 Å². The Labute approximate surface area is 122 Å². The van der Waals surface area contributed by atoms with E-state index < -0.39 is 0 Å². The van der Waals surface area contributed by atoms with Crippen LogP contribution in [0.4, 0.5) is 11.4 Å². The number of aryl methyl sites for hydroxylation is 2. The molecule has 0 saturated carbocycles. The van der Waals surface area contributed by atoms with Crippen molar-refractivity contribution < 1.29 is 9.90 Å². The highest BCUT2D eigenvalue weighted by Gasteiger charge is 2.13. The molecule has 0 fully saturated rings. The van der Waals surface area contributed by atoms with Crippen LogP contribution >= 0.6 is 11.6 Å². The first kappa shape index (κ1) is 14.2.